The Balaban J connectivity index is 1.28. The molecular weight excluding hydrogens is 382 g/mol. The average Bonchev–Trinajstić information content (AvgIpc) is 3.13. The van der Waals surface area contributed by atoms with Crippen LogP contribution in [0, 0.1) is 0 Å². The Kier molecular flexibility index (Phi) is 5.83. The molecule has 7 heteroatoms. The van der Waals surface area contributed by atoms with E-state index >= 15 is 0 Å². The number of hydrogen-bond donors (Lipinski definition) is 5. The van der Waals surface area contributed by atoms with Crippen molar-refractivity contribution in [2.45, 2.75) is 6.10 Å². The third kappa shape index (κ3) is 4.22. The molecule has 1 unspecified atom stereocenters. The first-order chi connectivity index (χ1) is 14.7. The highest BCUT2D eigenvalue weighted by Crippen LogP contribution is 2.28. The van der Waals surface area contributed by atoms with Gasteiger partial charge in [0.2, 0.25) is 6.41 Å². The molecule has 0 radical (unpaired) electrons. The highest BCUT2D eigenvalue weighted by molar-refractivity contribution is 6.07. The number of phenols is 1. The second-order valence-corrected chi connectivity index (χ2v) is 6.99. The van der Waals surface area contributed by atoms with Crippen LogP contribution >= 0.6 is 0 Å². The zero-order chi connectivity index (χ0) is 20.9. The van der Waals surface area contributed by atoms with Gasteiger partial charge in [0.25, 0.3) is 0 Å². The number of nitrogens with one attached hydrogen (secondary N) is 3. The zero-order valence-corrected chi connectivity index (χ0v) is 16.3. The van der Waals surface area contributed by atoms with Crippen molar-refractivity contribution >= 4 is 33.9 Å². The summed E-state index contributed by atoms with van der Waals surface area (Å²) in [5.74, 6) is 0.728. The van der Waals surface area contributed by atoms with E-state index in [1.54, 1.807) is 12.1 Å². The number of anilines is 1. The number of aromatic hydroxyl groups is 1. The van der Waals surface area contributed by atoms with Crippen LogP contribution in [-0.2, 0) is 4.79 Å². The first-order valence-electron chi connectivity index (χ1n) is 9.71. The lowest BCUT2D eigenvalue weighted by molar-refractivity contribution is -0.105. The van der Waals surface area contributed by atoms with E-state index in [9.17, 15) is 15.0 Å². The molecule has 0 saturated carbocycles. The van der Waals surface area contributed by atoms with Crippen LogP contribution in [0.4, 0.5) is 5.69 Å². The average molecular weight is 405 g/mol. The number of aliphatic hydroxyl groups is 1. The topological polar surface area (TPSA) is 107 Å². The monoisotopic (exact) mass is 405 g/mol. The zero-order valence-electron chi connectivity index (χ0n) is 16.3. The molecule has 0 aliphatic heterocycles. The van der Waals surface area contributed by atoms with Gasteiger partial charge in [-0.05, 0) is 35.9 Å². The quantitative estimate of drug-likeness (QED) is 0.167. The smallest absolute Gasteiger partial charge is 0.211 e. The highest BCUT2D eigenvalue weighted by Gasteiger charge is 2.10. The summed E-state index contributed by atoms with van der Waals surface area (Å²) >= 11 is 0. The molecule has 1 amide bonds. The summed E-state index contributed by atoms with van der Waals surface area (Å²) in [5, 5.41) is 27.9. The van der Waals surface area contributed by atoms with Crippen molar-refractivity contribution in [1.29, 1.82) is 0 Å². The maximum Gasteiger partial charge on any atom is 0.211 e. The molecule has 154 valence electrons. The van der Waals surface area contributed by atoms with Crippen LogP contribution in [0.1, 0.15) is 11.7 Å². The molecular formula is C23H23N3O4. The molecule has 1 aromatic heterocycles. The van der Waals surface area contributed by atoms with Gasteiger partial charge in [-0.1, -0.05) is 24.3 Å². The van der Waals surface area contributed by atoms with Gasteiger partial charge in [0.15, 0.2) is 0 Å². The number of amides is 1. The Bertz CT molecular complexity index is 1170. The first-order valence-corrected chi connectivity index (χ1v) is 9.71. The minimum atomic E-state index is -0.777. The lowest BCUT2D eigenvalue weighted by atomic mass is 10.1. The number of fused-ring (bicyclic) bond motifs is 3. The molecule has 0 aliphatic rings. The van der Waals surface area contributed by atoms with Crippen LogP contribution in [-0.4, -0.2) is 41.3 Å². The van der Waals surface area contributed by atoms with Crippen molar-refractivity contribution in [2.24, 2.45) is 0 Å². The van der Waals surface area contributed by atoms with Crippen LogP contribution < -0.4 is 15.4 Å². The molecule has 1 atom stereocenters. The van der Waals surface area contributed by atoms with Crippen molar-refractivity contribution in [3.63, 3.8) is 0 Å². The summed E-state index contributed by atoms with van der Waals surface area (Å²) < 4.78 is 5.82. The van der Waals surface area contributed by atoms with Crippen molar-refractivity contribution < 1.29 is 19.7 Å². The lowest BCUT2D eigenvalue weighted by Crippen LogP contribution is -2.26. The van der Waals surface area contributed by atoms with Gasteiger partial charge in [0.1, 0.15) is 18.1 Å². The summed E-state index contributed by atoms with van der Waals surface area (Å²) in [4.78, 5) is 14.0. The second-order valence-electron chi connectivity index (χ2n) is 6.99. The van der Waals surface area contributed by atoms with Crippen molar-refractivity contribution in [1.82, 2.24) is 10.3 Å². The van der Waals surface area contributed by atoms with Gasteiger partial charge in [0, 0.05) is 35.4 Å². The van der Waals surface area contributed by atoms with E-state index in [4.69, 9.17) is 4.74 Å². The molecule has 3 aromatic carbocycles. The molecule has 30 heavy (non-hydrogen) atoms. The second kappa shape index (κ2) is 8.86. The van der Waals surface area contributed by atoms with Gasteiger partial charge in [0.05, 0.1) is 17.3 Å². The Hall–Kier alpha value is -3.55. The fourth-order valence-corrected chi connectivity index (χ4v) is 3.46. The van der Waals surface area contributed by atoms with E-state index < -0.39 is 6.10 Å². The van der Waals surface area contributed by atoms with Crippen molar-refractivity contribution in [3.8, 4) is 11.5 Å². The maximum absolute atomic E-state index is 10.6. The normalized spacial score (nSPS) is 12.2. The molecule has 7 nitrogen and oxygen atoms in total. The van der Waals surface area contributed by atoms with E-state index in [1.807, 2.05) is 24.3 Å². The Labute approximate surface area is 173 Å². The molecule has 0 saturated heterocycles. The highest BCUT2D eigenvalue weighted by atomic mass is 16.5. The fourth-order valence-electron chi connectivity index (χ4n) is 3.46. The molecule has 0 spiro atoms. The van der Waals surface area contributed by atoms with Crippen LogP contribution in [0.15, 0.2) is 60.7 Å². The number of H-pyrrole nitrogens is 1. The molecule has 4 aromatic rings. The summed E-state index contributed by atoms with van der Waals surface area (Å²) in [6.45, 7) is 1.32. The van der Waals surface area contributed by atoms with Gasteiger partial charge >= 0.3 is 0 Å². The third-order valence-corrected chi connectivity index (χ3v) is 4.98. The number of rotatable bonds is 9. The van der Waals surface area contributed by atoms with E-state index in [0.29, 0.717) is 31.7 Å². The number of ether oxygens (including phenoxy) is 1. The minimum absolute atomic E-state index is 0.0497. The largest absolute Gasteiger partial charge is 0.506 e. The summed E-state index contributed by atoms with van der Waals surface area (Å²) in [6, 6.07) is 18.8. The van der Waals surface area contributed by atoms with Gasteiger partial charge in [-0.3, -0.25) is 4.79 Å². The molecule has 4 rings (SSSR count). The third-order valence-electron chi connectivity index (χ3n) is 4.98. The summed E-state index contributed by atoms with van der Waals surface area (Å²) in [7, 11) is 0. The lowest BCUT2D eigenvalue weighted by Gasteiger charge is -2.14. The number of benzene rings is 3. The number of carbonyl (C=O) groups excluding carboxylic acids is 1. The Morgan fingerprint density at radius 3 is 2.73 bits per heavy atom. The van der Waals surface area contributed by atoms with E-state index in [2.05, 4.69) is 33.8 Å². The number of aromatic amines is 1. The van der Waals surface area contributed by atoms with E-state index in [1.165, 1.54) is 11.5 Å². The Morgan fingerprint density at radius 1 is 1.03 bits per heavy atom. The van der Waals surface area contributed by atoms with Gasteiger partial charge in [-0.2, -0.15) is 0 Å². The molecule has 0 bridgehead atoms. The van der Waals surface area contributed by atoms with E-state index in [0.717, 1.165) is 22.2 Å². The predicted octanol–water partition coefficient (Wildman–Crippen LogP) is 3.30. The van der Waals surface area contributed by atoms with Crippen molar-refractivity contribution in [3.05, 3.63) is 66.2 Å². The molecule has 0 aliphatic carbocycles. The number of aromatic nitrogens is 1. The van der Waals surface area contributed by atoms with Crippen molar-refractivity contribution in [2.75, 3.05) is 25.0 Å². The van der Waals surface area contributed by atoms with Crippen LogP contribution in [0.2, 0.25) is 0 Å². The number of phenolic OH excluding ortho intramolecular Hbond substituents is 1. The Morgan fingerprint density at radius 2 is 1.87 bits per heavy atom. The number of hydrogen-bond acceptors (Lipinski definition) is 5. The SMILES string of the molecule is O=CNc1cc(C(O)CNCCOc2ccc3c(c2)[nH]c2ccccc23)ccc1O. The first kappa shape index (κ1) is 19.8. The number of para-hydroxylation sites is 1. The van der Waals surface area contributed by atoms with Crippen LogP contribution in [0.25, 0.3) is 21.8 Å². The summed E-state index contributed by atoms with van der Waals surface area (Å²) in [6.07, 6.45) is -0.297. The van der Waals surface area contributed by atoms with Gasteiger partial charge in [-0.25, -0.2) is 0 Å². The van der Waals surface area contributed by atoms with E-state index in [-0.39, 0.29) is 11.4 Å². The standard InChI is InChI=1S/C23H23N3O4/c27-14-25-21-11-15(5-8-22(21)28)23(29)13-24-9-10-30-16-6-7-18-17-3-1-2-4-19(17)26-20(18)12-16/h1-8,11-12,14,23-24,26,28-29H,9-10,13H2,(H,25,27). The summed E-state index contributed by atoms with van der Waals surface area (Å²) in [5.41, 5.74) is 2.98. The minimum Gasteiger partial charge on any atom is -0.506 e. The number of carbonyl (C=O) groups is 1. The van der Waals surface area contributed by atoms with Crippen LogP contribution in [0.3, 0.4) is 0 Å². The van der Waals surface area contributed by atoms with Gasteiger partial charge < -0.3 is 30.6 Å². The van der Waals surface area contributed by atoms with Crippen LogP contribution in [0.5, 0.6) is 11.5 Å². The maximum atomic E-state index is 10.6. The predicted molar refractivity (Wildman–Crippen MR) is 117 cm³/mol. The molecule has 0 fully saturated rings. The molecule has 5 N–H and O–H groups in total. The molecule has 1 heterocycles. The fraction of sp³-hybridized carbons (Fsp3) is 0.174. The number of aliphatic hydroxyl groups excluding tert-OH is 1. The van der Waals surface area contributed by atoms with Gasteiger partial charge in [-0.15, -0.1) is 0 Å².